The highest BCUT2D eigenvalue weighted by atomic mass is 32.2. The average molecular weight is 245 g/mol. The highest BCUT2D eigenvalue weighted by molar-refractivity contribution is 7.90. The van der Waals surface area contributed by atoms with Crippen LogP contribution in [0.4, 0.5) is 4.39 Å². The molecule has 16 heavy (non-hydrogen) atoms. The maximum atomic E-state index is 13.0. The van der Waals surface area contributed by atoms with Gasteiger partial charge in [0.15, 0.2) is 0 Å². The molecule has 90 valence electrons. The first-order valence-corrected chi connectivity index (χ1v) is 7.11. The Balaban J connectivity index is 2.75. The molecule has 0 bridgehead atoms. The van der Waals surface area contributed by atoms with E-state index in [1.165, 1.54) is 18.4 Å². The standard InChI is InChI=1S/C11H16FNO2S/c1-16(14,15)6-5-10(8-13)9-3-2-4-11(12)7-9/h2-4,7,10H,5-6,8,13H2,1H3. The van der Waals surface area contributed by atoms with Gasteiger partial charge in [0, 0.05) is 6.26 Å². The normalized spacial score (nSPS) is 13.7. The summed E-state index contributed by atoms with van der Waals surface area (Å²) < 4.78 is 35.0. The number of benzene rings is 1. The van der Waals surface area contributed by atoms with Crippen LogP contribution in [0.25, 0.3) is 0 Å². The van der Waals surface area contributed by atoms with Gasteiger partial charge in [-0.3, -0.25) is 0 Å². The average Bonchev–Trinajstić information content (AvgIpc) is 2.17. The summed E-state index contributed by atoms with van der Waals surface area (Å²) in [5, 5.41) is 0. The summed E-state index contributed by atoms with van der Waals surface area (Å²) in [6.07, 6.45) is 1.62. The molecule has 0 aromatic heterocycles. The zero-order valence-electron chi connectivity index (χ0n) is 9.19. The van der Waals surface area contributed by atoms with Crippen molar-refractivity contribution in [3.05, 3.63) is 35.6 Å². The SMILES string of the molecule is CS(=O)(=O)CCC(CN)c1cccc(F)c1. The van der Waals surface area contributed by atoms with Crippen molar-refractivity contribution >= 4 is 9.84 Å². The maximum absolute atomic E-state index is 13.0. The van der Waals surface area contributed by atoms with Crippen molar-refractivity contribution in [1.29, 1.82) is 0 Å². The molecule has 3 nitrogen and oxygen atoms in total. The van der Waals surface area contributed by atoms with Crippen LogP contribution in [-0.4, -0.2) is 27.0 Å². The molecule has 0 amide bonds. The second-order valence-corrected chi connectivity index (χ2v) is 6.17. The molecule has 0 aliphatic carbocycles. The van der Waals surface area contributed by atoms with Crippen molar-refractivity contribution < 1.29 is 12.8 Å². The van der Waals surface area contributed by atoms with Crippen LogP contribution in [0.1, 0.15) is 17.9 Å². The van der Waals surface area contributed by atoms with Crippen LogP contribution in [-0.2, 0) is 9.84 Å². The highest BCUT2D eigenvalue weighted by Gasteiger charge is 2.13. The summed E-state index contributed by atoms with van der Waals surface area (Å²) in [7, 11) is -3.00. The maximum Gasteiger partial charge on any atom is 0.147 e. The fraction of sp³-hybridized carbons (Fsp3) is 0.455. The third-order valence-electron chi connectivity index (χ3n) is 2.44. The fourth-order valence-corrected chi connectivity index (χ4v) is 2.25. The molecule has 1 aromatic rings. The van der Waals surface area contributed by atoms with Gasteiger partial charge >= 0.3 is 0 Å². The minimum atomic E-state index is -3.00. The van der Waals surface area contributed by atoms with Crippen molar-refractivity contribution in [2.24, 2.45) is 5.73 Å². The Morgan fingerprint density at radius 1 is 1.44 bits per heavy atom. The molecule has 1 atom stereocenters. The van der Waals surface area contributed by atoms with E-state index in [-0.39, 0.29) is 17.5 Å². The number of hydrogen-bond donors (Lipinski definition) is 1. The van der Waals surface area contributed by atoms with Gasteiger partial charge in [-0.2, -0.15) is 0 Å². The first-order valence-electron chi connectivity index (χ1n) is 5.05. The molecule has 5 heteroatoms. The quantitative estimate of drug-likeness (QED) is 0.850. The van der Waals surface area contributed by atoms with Crippen molar-refractivity contribution in [3.63, 3.8) is 0 Å². The lowest BCUT2D eigenvalue weighted by molar-refractivity contribution is 0.587. The van der Waals surface area contributed by atoms with Crippen LogP contribution >= 0.6 is 0 Å². The number of rotatable bonds is 5. The molecule has 2 N–H and O–H groups in total. The zero-order chi connectivity index (χ0) is 12.2. The third-order valence-corrected chi connectivity index (χ3v) is 3.42. The number of nitrogens with two attached hydrogens (primary N) is 1. The van der Waals surface area contributed by atoms with E-state index in [0.29, 0.717) is 13.0 Å². The summed E-state index contributed by atoms with van der Waals surface area (Å²) in [6.45, 7) is 0.318. The van der Waals surface area contributed by atoms with E-state index < -0.39 is 9.84 Å². The summed E-state index contributed by atoms with van der Waals surface area (Å²) >= 11 is 0. The van der Waals surface area contributed by atoms with Gasteiger partial charge < -0.3 is 5.73 Å². The number of hydrogen-bond acceptors (Lipinski definition) is 3. The predicted octanol–water partition coefficient (Wildman–Crippen LogP) is 1.30. The smallest absolute Gasteiger partial charge is 0.147 e. The molecule has 0 aliphatic heterocycles. The van der Waals surface area contributed by atoms with Gasteiger partial charge in [-0.1, -0.05) is 12.1 Å². The molecule has 1 aromatic carbocycles. The lowest BCUT2D eigenvalue weighted by atomic mass is 9.97. The monoisotopic (exact) mass is 245 g/mol. The lowest BCUT2D eigenvalue weighted by Gasteiger charge is -2.14. The summed E-state index contributed by atoms with van der Waals surface area (Å²) in [4.78, 5) is 0. The van der Waals surface area contributed by atoms with Crippen LogP contribution in [0.3, 0.4) is 0 Å². The van der Waals surface area contributed by atoms with Crippen LogP contribution in [0.15, 0.2) is 24.3 Å². The summed E-state index contributed by atoms with van der Waals surface area (Å²) in [5.41, 5.74) is 6.32. The van der Waals surface area contributed by atoms with Gasteiger partial charge in [-0.15, -0.1) is 0 Å². The van der Waals surface area contributed by atoms with Gasteiger partial charge in [0.1, 0.15) is 15.7 Å². The van der Waals surface area contributed by atoms with Crippen molar-refractivity contribution in [2.75, 3.05) is 18.6 Å². The molecule has 0 fully saturated rings. The second kappa shape index (κ2) is 5.41. The fourth-order valence-electron chi connectivity index (χ4n) is 1.54. The van der Waals surface area contributed by atoms with Crippen molar-refractivity contribution in [3.8, 4) is 0 Å². The van der Waals surface area contributed by atoms with Crippen molar-refractivity contribution in [1.82, 2.24) is 0 Å². The van der Waals surface area contributed by atoms with Crippen LogP contribution in [0.5, 0.6) is 0 Å². The van der Waals surface area contributed by atoms with Gasteiger partial charge in [0.25, 0.3) is 0 Å². The molecule has 0 saturated heterocycles. The molecule has 1 rings (SSSR count). The van der Waals surface area contributed by atoms with Crippen LogP contribution in [0.2, 0.25) is 0 Å². The topological polar surface area (TPSA) is 60.2 Å². The van der Waals surface area contributed by atoms with E-state index in [0.717, 1.165) is 5.56 Å². The Labute approximate surface area is 95.4 Å². The van der Waals surface area contributed by atoms with Crippen LogP contribution < -0.4 is 5.73 Å². The highest BCUT2D eigenvalue weighted by Crippen LogP contribution is 2.19. The van der Waals surface area contributed by atoms with E-state index in [1.54, 1.807) is 12.1 Å². The molecular formula is C11H16FNO2S. The number of sulfone groups is 1. The van der Waals surface area contributed by atoms with Crippen molar-refractivity contribution in [2.45, 2.75) is 12.3 Å². The Bertz CT molecular complexity index is 445. The van der Waals surface area contributed by atoms with E-state index in [1.807, 2.05) is 0 Å². The first-order chi connectivity index (χ1) is 7.42. The molecule has 0 aliphatic rings. The molecule has 0 saturated carbocycles. The summed E-state index contributed by atoms with van der Waals surface area (Å²) in [6, 6.07) is 6.13. The summed E-state index contributed by atoms with van der Waals surface area (Å²) in [5.74, 6) is -0.355. The largest absolute Gasteiger partial charge is 0.330 e. The Morgan fingerprint density at radius 3 is 2.62 bits per heavy atom. The van der Waals surface area contributed by atoms with E-state index >= 15 is 0 Å². The second-order valence-electron chi connectivity index (χ2n) is 3.91. The van der Waals surface area contributed by atoms with Gasteiger partial charge in [0.05, 0.1) is 5.75 Å². The molecular weight excluding hydrogens is 229 g/mol. The zero-order valence-corrected chi connectivity index (χ0v) is 10.0. The number of halogens is 1. The molecule has 0 spiro atoms. The van der Waals surface area contributed by atoms with Gasteiger partial charge in [-0.25, -0.2) is 12.8 Å². The van der Waals surface area contributed by atoms with Gasteiger partial charge in [0.2, 0.25) is 0 Å². The lowest BCUT2D eigenvalue weighted by Crippen LogP contribution is -2.16. The minimum Gasteiger partial charge on any atom is -0.330 e. The Morgan fingerprint density at radius 2 is 2.12 bits per heavy atom. The predicted molar refractivity (Wildman–Crippen MR) is 62.5 cm³/mol. The first kappa shape index (κ1) is 13.1. The van der Waals surface area contributed by atoms with Crippen LogP contribution in [0, 0.1) is 5.82 Å². The minimum absolute atomic E-state index is 0.0748. The molecule has 1 unspecified atom stereocenters. The Hall–Kier alpha value is -0.940. The molecule has 0 radical (unpaired) electrons. The van der Waals surface area contributed by atoms with E-state index in [4.69, 9.17) is 5.73 Å². The van der Waals surface area contributed by atoms with E-state index in [2.05, 4.69) is 0 Å². The Kier molecular flexibility index (Phi) is 4.44. The van der Waals surface area contributed by atoms with E-state index in [9.17, 15) is 12.8 Å². The van der Waals surface area contributed by atoms with Gasteiger partial charge in [-0.05, 0) is 36.6 Å². The third kappa shape index (κ3) is 4.28. The molecule has 0 heterocycles.